The second-order valence-electron chi connectivity index (χ2n) is 4.73. The van der Waals surface area contributed by atoms with Gasteiger partial charge in [0.05, 0.1) is 11.5 Å². The van der Waals surface area contributed by atoms with E-state index in [9.17, 15) is 20.2 Å². The van der Waals surface area contributed by atoms with Crippen molar-refractivity contribution in [2.75, 3.05) is 6.54 Å². The quantitative estimate of drug-likeness (QED) is 0.563. The molecule has 0 spiro atoms. The van der Waals surface area contributed by atoms with Gasteiger partial charge < -0.3 is 10.6 Å². The fraction of sp³-hybridized carbons (Fsp3) is 0.800. The van der Waals surface area contributed by atoms with Crippen LogP contribution in [0.15, 0.2) is 11.5 Å². The van der Waals surface area contributed by atoms with Gasteiger partial charge in [-0.05, 0) is 12.8 Å². The summed E-state index contributed by atoms with van der Waals surface area (Å²) in [5, 5.41) is 27.5. The molecule has 8 heteroatoms. The summed E-state index contributed by atoms with van der Waals surface area (Å²) >= 11 is 0. The molecule has 0 amide bonds. The maximum atomic E-state index is 11.0. The highest BCUT2D eigenvalue weighted by Gasteiger charge is 2.36. The van der Waals surface area contributed by atoms with Gasteiger partial charge in [0.1, 0.15) is 6.42 Å². The molecule has 0 aromatic rings. The number of nitro groups is 2. The zero-order valence-corrected chi connectivity index (χ0v) is 9.92. The third-order valence-electron chi connectivity index (χ3n) is 3.45. The molecule has 0 radical (unpaired) electrons. The molecule has 0 aromatic heterocycles. The van der Waals surface area contributed by atoms with Crippen LogP contribution in [0.25, 0.3) is 0 Å². The van der Waals surface area contributed by atoms with Crippen molar-refractivity contribution < 1.29 is 9.85 Å². The van der Waals surface area contributed by atoms with Crippen molar-refractivity contribution in [1.82, 2.24) is 10.6 Å². The smallest absolute Gasteiger partial charge is 0.292 e. The third kappa shape index (κ3) is 2.69. The SMILES string of the molecule is O=[N+]([O-])C1=C(NC2CCCC2)NC[C@@H]([N+](=O)[O-])C1. The molecule has 0 unspecified atom stereocenters. The standard InChI is InChI=1S/C10H16N4O4/c15-13(16)8-5-9(14(17)18)10(11-6-8)12-7-3-1-2-4-7/h7-8,11-12H,1-6H2/t8-/m0/s1. The molecular formula is C10H16N4O4. The Hall–Kier alpha value is -1.86. The molecule has 0 bridgehead atoms. The number of nitrogens with one attached hydrogen (secondary N) is 2. The van der Waals surface area contributed by atoms with Gasteiger partial charge in [-0.15, -0.1) is 0 Å². The summed E-state index contributed by atoms with van der Waals surface area (Å²) in [7, 11) is 0. The molecular weight excluding hydrogens is 240 g/mol. The zero-order chi connectivity index (χ0) is 13.1. The largest absolute Gasteiger partial charge is 0.364 e. The zero-order valence-electron chi connectivity index (χ0n) is 9.92. The molecule has 0 saturated heterocycles. The number of nitrogens with zero attached hydrogens (tertiary/aromatic N) is 2. The molecule has 0 aromatic carbocycles. The maximum absolute atomic E-state index is 11.0. The van der Waals surface area contributed by atoms with Crippen LogP contribution in [-0.4, -0.2) is 28.5 Å². The van der Waals surface area contributed by atoms with Crippen molar-refractivity contribution in [1.29, 1.82) is 0 Å². The van der Waals surface area contributed by atoms with Gasteiger partial charge in [-0.3, -0.25) is 20.2 Å². The topological polar surface area (TPSA) is 110 Å². The summed E-state index contributed by atoms with van der Waals surface area (Å²) in [5.74, 6) is 0.366. The fourth-order valence-electron chi connectivity index (χ4n) is 2.44. The lowest BCUT2D eigenvalue weighted by molar-refractivity contribution is -0.529. The van der Waals surface area contributed by atoms with Crippen molar-refractivity contribution in [3.63, 3.8) is 0 Å². The van der Waals surface area contributed by atoms with E-state index in [4.69, 9.17) is 0 Å². The second kappa shape index (κ2) is 5.19. The lowest BCUT2D eigenvalue weighted by Gasteiger charge is -2.23. The van der Waals surface area contributed by atoms with Crippen LogP contribution in [-0.2, 0) is 0 Å². The molecule has 1 heterocycles. The van der Waals surface area contributed by atoms with E-state index in [-0.39, 0.29) is 24.7 Å². The Balaban J connectivity index is 2.10. The Morgan fingerprint density at radius 3 is 2.44 bits per heavy atom. The van der Waals surface area contributed by atoms with E-state index in [0.29, 0.717) is 5.82 Å². The molecule has 1 fully saturated rings. The second-order valence-corrected chi connectivity index (χ2v) is 4.73. The van der Waals surface area contributed by atoms with Gasteiger partial charge in [-0.1, -0.05) is 12.8 Å². The first-order valence-corrected chi connectivity index (χ1v) is 6.09. The van der Waals surface area contributed by atoms with E-state index in [0.717, 1.165) is 25.7 Å². The fourth-order valence-corrected chi connectivity index (χ4v) is 2.44. The minimum absolute atomic E-state index is 0.102. The van der Waals surface area contributed by atoms with E-state index in [1.807, 2.05) is 0 Å². The molecule has 8 nitrogen and oxygen atoms in total. The van der Waals surface area contributed by atoms with Crippen molar-refractivity contribution in [3.05, 3.63) is 31.7 Å². The lowest BCUT2D eigenvalue weighted by atomic mass is 10.1. The molecule has 2 aliphatic rings. The molecule has 1 aliphatic heterocycles. The highest BCUT2D eigenvalue weighted by atomic mass is 16.6. The number of rotatable bonds is 4. The first kappa shape index (κ1) is 12.6. The summed E-state index contributed by atoms with van der Waals surface area (Å²) in [6, 6.07) is -0.672. The van der Waals surface area contributed by atoms with Gasteiger partial charge in [0.25, 0.3) is 5.70 Å². The lowest BCUT2D eigenvalue weighted by Crippen LogP contribution is -2.45. The molecule has 2 rings (SSSR count). The van der Waals surface area contributed by atoms with Crippen LogP contribution in [0, 0.1) is 20.2 Å². The Labute approximate surface area is 104 Å². The average Bonchev–Trinajstić information content (AvgIpc) is 2.81. The first-order chi connectivity index (χ1) is 8.58. The van der Waals surface area contributed by atoms with Crippen LogP contribution >= 0.6 is 0 Å². The van der Waals surface area contributed by atoms with E-state index in [1.54, 1.807) is 0 Å². The molecule has 1 saturated carbocycles. The van der Waals surface area contributed by atoms with Gasteiger partial charge in [-0.2, -0.15) is 0 Å². The van der Waals surface area contributed by atoms with Gasteiger partial charge in [-0.25, -0.2) is 0 Å². The van der Waals surface area contributed by atoms with Crippen molar-refractivity contribution in [2.45, 2.75) is 44.2 Å². The minimum Gasteiger partial charge on any atom is -0.364 e. The molecule has 18 heavy (non-hydrogen) atoms. The van der Waals surface area contributed by atoms with E-state index in [2.05, 4.69) is 10.6 Å². The molecule has 100 valence electrons. The predicted molar refractivity (Wildman–Crippen MR) is 62.8 cm³/mol. The van der Waals surface area contributed by atoms with Gasteiger partial charge in [0, 0.05) is 11.0 Å². The van der Waals surface area contributed by atoms with Crippen LogP contribution in [0.3, 0.4) is 0 Å². The Kier molecular flexibility index (Phi) is 3.63. The van der Waals surface area contributed by atoms with Crippen LogP contribution in [0.1, 0.15) is 32.1 Å². The Morgan fingerprint density at radius 1 is 1.22 bits per heavy atom. The van der Waals surface area contributed by atoms with Crippen LogP contribution in [0.4, 0.5) is 0 Å². The van der Waals surface area contributed by atoms with Gasteiger partial charge in [0.2, 0.25) is 6.04 Å². The predicted octanol–water partition coefficient (Wildman–Crippen LogP) is 0.603. The van der Waals surface area contributed by atoms with E-state index < -0.39 is 15.9 Å². The maximum Gasteiger partial charge on any atom is 0.292 e. The average molecular weight is 256 g/mol. The summed E-state index contributed by atoms with van der Waals surface area (Å²) in [4.78, 5) is 20.6. The van der Waals surface area contributed by atoms with Crippen LogP contribution < -0.4 is 10.6 Å². The number of hydrogen-bond donors (Lipinski definition) is 2. The summed E-state index contributed by atoms with van der Waals surface area (Å²) in [6.07, 6.45) is 4.11. The summed E-state index contributed by atoms with van der Waals surface area (Å²) in [5.41, 5.74) is -0.102. The Bertz CT molecular complexity index is 389. The summed E-state index contributed by atoms with van der Waals surface area (Å²) in [6.45, 7) is 0.138. The highest BCUT2D eigenvalue weighted by Crippen LogP contribution is 2.21. The third-order valence-corrected chi connectivity index (χ3v) is 3.45. The molecule has 1 aliphatic carbocycles. The van der Waals surface area contributed by atoms with Crippen LogP contribution in [0.2, 0.25) is 0 Å². The molecule has 1 atom stereocenters. The number of hydrogen-bond acceptors (Lipinski definition) is 6. The minimum atomic E-state index is -0.917. The summed E-state index contributed by atoms with van der Waals surface area (Å²) < 4.78 is 0. The van der Waals surface area contributed by atoms with E-state index >= 15 is 0 Å². The van der Waals surface area contributed by atoms with Crippen molar-refractivity contribution >= 4 is 0 Å². The Morgan fingerprint density at radius 2 is 1.89 bits per heavy atom. The van der Waals surface area contributed by atoms with Crippen molar-refractivity contribution in [3.8, 4) is 0 Å². The van der Waals surface area contributed by atoms with Gasteiger partial charge >= 0.3 is 0 Å². The highest BCUT2D eigenvalue weighted by molar-refractivity contribution is 5.10. The normalized spacial score (nSPS) is 24.8. The molecule has 2 N–H and O–H groups in total. The monoisotopic (exact) mass is 256 g/mol. The first-order valence-electron chi connectivity index (χ1n) is 6.09. The van der Waals surface area contributed by atoms with Gasteiger partial charge in [0.15, 0.2) is 5.82 Å². The van der Waals surface area contributed by atoms with Crippen molar-refractivity contribution in [2.24, 2.45) is 0 Å². The van der Waals surface area contributed by atoms with E-state index in [1.165, 1.54) is 0 Å². The van der Waals surface area contributed by atoms with Crippen LogP contribution in [0.5, 0.6) is 0 Å².